The molecule has 2 amide bonds. The zero-order chi connectivity index (χ0) is 21.3. The molecule has 1 N–H and O–H groups in total. The summed E-state index contributed by atoms with van der Waals surface area (Å²) in [6.07, 6.45) is 2.61. The van der Waals surface area contributed by atoms with Crippen molar-refractivity contribution in [1.82, 2.24) is 15.2 Å². The van der Waals surface area contributed by atoms with Crippen LogP contribution < -0.4 is 15.0 Å². The number of amides is 2. The molecule has 2 aromatic rings. The van der Waals surface area contributed by atoms with Crippen molar-refractivity contribution in [2.45, 2.75) is 26.0 Å². The predicted octanol–water partition coefficient (Wildman–Crippen LogP) is 3.05. The standard InChI is InChI=1S/C21H23F2N5O2/c1-3-24-20-13(2)6-15(23)7-18(20)30-17-11-28(12-17)21(29)26-16-9-27(10-16)19-5-4-14(22)8-25-19/h3-8,16-17H,9-12H2,1-2H3,(H,26,29)/b24-3-. The largest absolute Gasteiger partial charge is 0.484 e. The minimum absolute atomic E-state index is 0.0145. The number of hydrogen-bond acceptors (Lipinski definition) is 5. The molecular formula is C21H23F2N5O2. The van der Waals surface area contributed by atoms with Gasteiger partial charge in [0.25, 0.3) is 0 Å². The van der Waals surface area contributed by atoms with Gasteiger partial charge in [0.1, 0.15) is 35.0 Å². The van der Waals surface area contributed by atoms with E-state index >= 15 is 0 Å². The number of anilines is 1. The maximum absolute atomic E-state index is 13.8. The van der Waals surface area contributed by atoms with Gasteiger partial charge in [-0.2, -0.15) is 0 Å². The van der Waals surface area contributed by atoms with E-state index in [2.05, 4.69) is 15.3 Å². The van der Waals surface area contributed by atoms with E-state index in [1.807, 2.05) is 4.90 Å². The summed E-state index contributed by atoms with van der Waals surface area (Å²) in [5.41, 5.74) is 1.30. The normalized spacial score (nSPS) is 17.1. The lowest BCUT2D eigenvalue weighted by molar-refractivity contribution is 0.0432. The lowest BCUT2D eigenvalue weighted by atomic mass is 10.1. The van der Waals surface area contributed by atoms with E-state index in [1.54, 1.807) is 31.0 Å². The third-order valence-corrected chi connectivity index (χ3v) is 5.16. The molecular weight excluding hydrogens is 392 g/mol. The van der Waals surface area contributed by atoms with E-state index in [0.29, 0.717) is 49.0 Å². The first-order valence-electron chi connectivity index (χ1n) is 9.80. The van der Waals surface area contributed by atoms with Gasteiger partial charge in [0.05, 0.1) is 25.3 Å². The summed E-state index contributed by atoms with van der Waals surface area (Å²) in [6.45, 7) is 5.66. The highest BCUT2D eigenvalue weighted by molar-refractivity contribution is 5.76. The summed E-state index contributed by atoms with van der Waals surface area (Å²) in [5.74, 6) is 0.324. The number of nitrogens with one attached hydrogen (secondary N) is 1. The van der Waals surface area contributed by atoms with E-state index < -0.39 is 0 Å². The summed E-state index contributed by atoms with van der Waals surface area (Å²) < 4.78 is 32.6. The highest BCUT2D eigenvalue weighted by atomic mass is 19.1. The number of hydrogen-bond donors (Lipinski definition) is 1. The van der Waals surface area contributed by atoms with Gasteiger partial charge in [-0.15, -0.1) is 0 Å². The van der Waals surface area contributed by atoms with Crippen molar-refractivity contribution in [1.29, 1.82) is 0 Å². The van der Waals surface area contributed by atoms with E-state index in [1.165, 1.54) is 24.4 Å². The number of ether oxygens (including phenoxy) is 1. The number of pyridine rings is 1. The van der Waals surface area contributed by atoms with Crippen molar-refractivity contribution < 1.29 is 18.3 Å². The first-order chi connectivity index (χ1) is 14.4. The number of likely N-dealkylation sites (tertiary alicyclic amines) is 1. The van der Waals surface area contributed by atoms with Gasteiger partial charge < -0.3 is 19.9 Å². The van der Waals surface area contributed by atoms with Crippen LogP contribution in [0.5, 0.6) is 5.75 Å². The minimum Gasteiger partial charge on any atom is -0.484 e. The Balaban J connectivity index is 1.24. The van der Waals surface area contributed by atoms with Crippen LogP contribution in [0.15, 0.2) is 35.5 Å². The molecule has 2 aliphatic heterocycles. The molecule has 1 aromatic carbocycles. The van der Waals surface area contributed by atoms with Crippen molar-refractivity contribution in [3.63, 3.8) is 0 Å². The van der Waals surface area contributed by atoms with Crippen molar-refractivity contribution >= 4 is 23.8 Å². The Labute approximate surface area is 173 Å². The Morgan fingerprint density at radius 2 is 2.00 bits per heavy atom. The molecule has 0 spiro atoms. The summed E-state index contributed by atoms with van der Waals surface area (Å²) in [5, 5.41) is 2.97. The van der Waals surface area contributed by atoms with Crippen LogP contribution in [-0.4, -0.2) is 60.5 Å². The Hall–Kier alpha value is -3.23. The van der Waals surface area contributed by atoms with Gasteiger partial charge in [-0.05, 0) is 37.6 Å². The van der Waals surface area contributed by atoms with Gasteiger partial charge in [-0.1, -0.05) is 0 Å². The van der Waals surface area contributed by atoms with Crippen molar-refractivity contribution in [3.05, 3.63) is 47.7 Å². The fourth-order valence-electron chi connectivity index (χ4n) is 3.53. The Bertz CT molecular complexity index is 955. The summed E-state index contributed by atoms with van der Waals surface area (Å²) in [7, 11) is 0. The summed E-state index contributed by atoms with van der Waals surface area (Å²) in [4.78, 5) is 24.3. The number of aromatic nitrogens is 1. The molecule has 0 aliphatic carbocycles. The molecule has 0 radical (unpaired) electrons. The van der Waals surface area contributed by atoms with Crippen LogP contribution in [0.1, 0.15) is 12.5 Å². The van der Waals surface area contributed by atoms with Gasteiger partial charge in [0.2, 0.25) is 0 Å². The first kappa shape index (κ1) is 20.1. The van der Waals surface area contributed by atoms with Crippen molar-refractivity contribution in [3.8, 4) is 5.75 Å². The van der Waals surface area contributed by atoms with Gasteiger partial charge in [-0.3, -0.25) is 4.99 Å². The topological polar surface area (TPSA) is 70.1 Å². The maximum Gasteiger partial charge on any atom is 0.317 e. The fourth-order valence-corrected chi connectivity index (χ4v) is 3.53. The minimum atomic E-state index is -0.378. The molecule has 0 unspecified atom stereocenters. The number of aryl methyl sites for hydroxylation is 1. The zero-order valence-corrected chi connectivity index (χ0v) is 16.8. The van der Waals surface area contributed by atoms with E-state index in [-0.39, 0.29) is 29.8 Å². The number of rotatable bonds is 5. The number of halogens is 2. The average molecular weight is 415 g/mol. The second-order valence-electron chi connectivity index (χ2n) is 7.49. The van der Waals surface area contributed by atoms with E-state index in [0.717, 1.165) is 0 Å². The molecule has 2 saturated heterocycles. The number of urea groups is 1. The Morgan fingerprint density at radius 3 is 2.67 bits per heavy atom. The van der Waals surface area contributed by atoms with Crippen LogP contribution in [0.4, 0.5) is 25.1 Å². The molecule has 0 bridgehead atoms. The number of benzene rings is 1. The number of carbonyl (C=O) groups is 1. The highest BCUT2D eigenvalue weighted by Gasteiger charge is 2.36. The van der Waals surface area contributed by atoms with Crippen molar-refractivity contribution in [2.75, 3.05) is 31.1 Å². The van der Waals surface area contributed by atoms with Gasteiger partial charge in [0, 0.05) is 25.4 Å². The van der Waals surface area contributed by atoms with Crippen LogP contribution in [0, 0.1) is 18.6 Å². The molecule has 0 saturated carbocycles. The molecule has 2 aliphatic rings. The lowest BCUT2D eigenvalue weighted by Gasteiger charge is -2.44. The monoisotopic (exact) mass is 415 g/mol. The molecule has 9 heteroatoms. The van der Waals surface area contributed by atoms with Gasteiger partial charge in [-0.25, -0.2) is 18.6 Å². The van der Waals surface area contributed by atoms with Gasteiger partial charge in [0.15, 0.2) is 0 Å². The Kier molecular flexibility index (Phi) is 5.52. The van der Waals surface area contributed by atoms with Crippen LogP contribution >= 0.6 is 0 Å². The maximum atomic E-state index is 13.8. The van der Waals surface area contributed by atoms with Crippen LogP contribution in [0.25, 0.3) is 0 Å². The summed E-state index contributed by atoms with van der Waals surface area (Å²) in [6, 6.07) is 5.58. The van der Waals surface area contributed by atoms with E-state index in [4.69, 9.17) is 4.74 Å². The molecule has 3 heterocycles. The van der Waals surface area contributed by atoms with Crippen LogP contribution in [0.3, 0.4) is 0 Å². The molecule has 4 rings (SSSR count). The van der Waals surface area contributed by atoms with Crippen LogP contribution in [0.2, 0.25) is 0 Å². The first-order valence-corrected chi connectivity index (χ1v) is 9.80. The number of carbonyl (C=O) groups excluding carboxylic acids is 1. The number of aliphatic imine (C=N–C) groups is 1. The molecule has 7 nitrogen and oxygen atoms in total. The average Bonchev–Trinajstić information content (AvgIpc) is 2.64. The highest BCUT2D eigenvalue weighted by Crippen LogP contribution is 2.34. The van der Waals surface area contributed by atoms with Crippen molar-refractivity contribution in [2.24, 2.45) is 4.99 Å². The lowest BCUT2D eigenvalue weighted by Crippen LogP contribution is -2.65. The van der Waals surface area contributed by atoms with Crippen LogP contribution in [-0.2, 0) is 0 Å². The third kappa shape index (κ3) is 4.19. The molecule has 158 valence electrons. The second kappa shape index (κ2) is 8.25. The van der Waals surface area contributed by atoms with E-state index in [9.17, 15) is 13.6 Å². The SMILES string of the molecule is C/C=N\c1c(C)cc(F)cc1OC1CN(C(=O)NC2CN(c3ccc(F)cn3)C2)C1. The molecule has 0 atom stereocenters. The summed E-state index contributed by atoms with van der Waals surface area (Å²) >= 11 is 0. The predicted molar refractivity (Wildman–Crippen MR) is 110 cm³/mol. The second-order valence-corrected chi connectivity index (χ2v) is 7.49. The molecule has 2 fully saturated rings. The number of nitrogens with zero attached hydrogens (tertiary/aromatic N) is 4. The Morgan fingerprint density at radius 1 is 1.23 bits per heavy atom. The fraction of sp³-hybridized carbons (Fsp3) is 0.381. The third-order valence-electron chi connectivity index (χ3n) is 5.16. The zero-order valence-electron chi connectivity index (χ0n) is 16.8. The molecule has 1 aromatic heterocycles. The quantitative estimate of drug-likeness (QED) is 0.762. The smallest absolute Gasteiger partial charge is 0.317 e. The molecule has 30 heavy (non-hydrogen) atoms. The van der Waals surface area contributed by atoms with Gasteiger partial charge >= 0.3 is 6.03 Å².